The fraction of sp³-hybridized carbons (Fsp3) is 0.273. The molecule has 0 saturated carbocycles. The highest BCUT2D eigenvalue weighted by Crippen LogP contribution is 2.37. The van der Waals surface area contributed by atoms with Crippen LogP contribution in [0.15, 0.2) is 24.3 Å². The predicted octanol–water partition coefficient (Wildman–Crippen LogP) is 2.12. The normalized spacial score (nSPS) is 19.4. The zero-order chi connectivity index (χ0) is 14.2. The summed E-state index contributed by atoms with van der Waals surface area (Å²) in [4.78, 5) is 22.8. The predicted molar refractivity (Wildman–Crippen MR) is 56.7 cm³/mol. The lowest BCUT2D eigenvalue weighted by atomic mass is 10.1. The average molecular weight is 275 g/mol. The van der Waals surface area contributed by atoms with Crippen molar-refractivity contribution in [2.75, 3.05) is 11.4 Å². The van der Waals surface area contributed by atoms with Gasteiger partial charge in [0, 0.05) is 0 Å². The Kier molecular flexibility index (Phi) is 3.09. The maximum Gasteiger partial charge on any atom is 0.418 e. The van der Waals surface area contributed by atoms with E-state index in [-0.39, 0.29) is 0 Å². The first-order valence-corrected chi connectivity index (χ1v) is 5.18. The fourth-order valence-corrected chi connectivity index (χ4v) is 1.74. The number of rotatable bonds is 2. The van der Waals surface area contributed by atoms with Crippen LogP contribution in [0.3, 0.4) is 0 Å². The Morgan fingerprint density at radius 2 is 2.00 bits per heavy atom. The third-order valence-corrected chi connectivity index (χ3v) is 2.59. The van der Waals surface area contributed by atoms with Crippen molar-refractivity contribution in [1.82, 2.24) is 0 Å². The second kappa shape index (κ2) is 4.45. The summed E-state index contributed by atoms with van der Waals surface area (Å²) in [5.74, 6) is -1.40. The number of benzene rings is 1. The van der Waals surface area contributed by atoms with Gasteiger partial charge >= 0.3 is 18.2 Å². The van der Waals surface area contributed by atoms with E-state index in [0.717, 1.165) is 12.1 Å². The van der Waals surface area contributed by atoms with Gasteiger partial charge in [-0.05, 0) is 12.1 Å². The Balaban J connectivity index is 2.38. The molecule has 1 aliphatic rings. The van der Waals surface area contributed by atoms with Crippen molar-refractivity contribution in [3.8, 4) is 0 Å². The van der Waals surface area contributed by atoms with Crippen LogP contribution in [-0.4, -0.2) is 29.8 Å². The van der Waals surface area contributed by atoms with Gasteiger partial charge < -0.3 is 9.84 Å². The van der Waals surface area contributed by atoms with Gasteiger partial charge in [0.1, 0.15) is 0 Å². The van der Waals surface area contributed by atoms with Gasteiger partial charge in [0.05, 0.1) is 17.8 Å². The quantitative estimate of drug-likeness (QED) is 0.897. The van der Waals surface area contributed by atoms with E-state index in [2.05, 4.69) is 4.74 Å². The molecule has 1 fully saturated rings. The number of carbonyl (C=O) groups is 2. The molecule has 1 aromatic carbocycles. The van der Waals surface area contributed by atoms with Crippen LogP contribution in [0.25, 0.3) is 0 Å². The van der Waals surface area contributed by atoms with Crippen LogP contribution in [0.2, 0.25) is 0 Å². The summed E-state index contributed by atoms with van der Waals surface area (Å²) < 4.78 is 42.8. The molecule has 8 heteroatoms. The Morgan fingerprint density at radius 1 is 1.37 bits per heavy atom. The standard InChI is InChI=1S/C11H8F3NO4/c12-11(13,14)6-3-1-2-4-7(6)15-5-8(9(16)17)19-10(15)18/h1-4,8H,5H2,(H,16,17). The van der Waals surface area contributed by atoms with Gasteiger partial charge in [-0.2, -0.15) is 13.2 Å². The lowest BCUT2D eigenvalue weighted by molar-refractivity contribution is -0.144. The zero-order valence-electron chi connectivity index (χ0n) is 9.35. The summed E-state index contributed by atoms with van der Waals surface area (Å²) in [7, 11) is 0. The average Bonchev–Trinajstić information content (AvgIpc) is 2.70. The minimum atomic E-state index is -4.64. The molecule has 1 N–H and O–H groups in total. The molecule has 19 heavy (non-hydrogen) atoms. The highest BCUT2D eigenvalue weighted by molar-refractivity contribution is 5.94. The van der Waals surface area contributed by atoms with E-state index in [1.165, 1.54) is 12.1 Å². The topological polar surface area (TPSA) is 66.8 Å². The van der Waals surface area contributed by atoms with Crippen LogP contribution in [0, 0.1) is 0 Å². The molecule has 1 saturated heterocycles. The smallest absolute Gasteiger partial charge is 0.418 e. The highest BCUT2D eigenvalue weighted by Gasteiger charge is 2.41. The van der Waals surface area contributed by atoms with Crippen molar-refractivity contribution >= 4 is 17.7 Å². The summed E-state index contributed by atoms with van der Waals surface area (Å²) in [5, 5.41) is 8.70. The van der Waals surface area contributed by atoms with Crippen molar-refractivity contribution in [1.29, 1.82) is 0 Å². The van der Waals surface area contributed by atoms with Gasteiger partial charge in [-0.1, -0.05) is 12.1 Å². The van der Waals surface area contributed by atoms with Crippen LogP contribution < -0.4 is 4.90 Å². The highest BCUT2D eigenvalue weighted by atomic mass is 19.4. The first-order valence-electron chi connectivity index (χ1n) is 5.18. The second-order valence-corrected chi connectivity index (χ2v) is 3.84. The van der Waals surface area contributed by atoms with Gasteiger partial charge in [-0.25, -0.2) is 9.59 Å². The number of aliphatic carboxylic acids is 1. The lowest BCUT2D eigenvalue weighted by Crippen LogP contribution is -2.29. The van der Waals surface area contributed by atoms with E-state index in [4.69, 9.17) is 5.11 Å². The van der Waals surface area contributed by atoms with Crippen molar-refractivity contribution in [2.24, 2.45) is 0 Å². The van der Waals surface area contributed by atoms with Gasteiger partial charge in [0.15, 0.2) is 0 Å². The van der Waals surface area contributed by atoms with E-state index in [9.17, 15) is 22.8 Å². The summed E-state index contributed by atoms with van der Waals surface area (Å²) in [5.41, 5.74) is -1.43. The molecule has 0 spiro atoms. The van der Waals surface area contributed by atoms with E-state index >= 15 is 0 Å². The molecule has 0 bridgehead atoms. The number of para-hydroxylation sites is 1. The largest absolute Gasteiger partial charge is 0.478 e. The molecule has 1 aliphatic heterocycles. The Bertz CT molecular complexity index is 529. The fourth-order valence-electron chi connectivity index (χ4n) is 1.74. The summed E-state index contributed by atoms with van der Waals surface area (Å²) in [6.45, 7) is -0.457. The summed E-state index contributed by atoms with van der Waals surface area (Å²) >= 11 is 0. The zero-order valence-corrected chi connectivity index (χ0v) is 9.35. The molecule has 5 nitrogen and oxygen atoms in total. The molecule has 1 aromatic rings. The number of nitrogens with zero attached hydrogens (tertiary/aromatic N) is 1. The summed E-state index contributed by atoms with van der Waals surface area (Å²) in [6.07, 6.45) is -7.21. The molecular formula is C11H8F3NO4. The van der Waals surface area contributed by atoms with Crippen molar-refractivity contribution in [3.05, 3.63) is 29.8 Å². The number of amides is 1. The van der Waals surface area contributed by atoms with Gasteiger partial charge in [0.25, 0.3) is 0 Å². The number of alkyl halides is 3. The van der Waals surface area contributed by atoms with E-state index in [1.807, 2.05) is 0 Å². The van der Waals surface area contributed by atoms with Crippen LogP contribution in [-0.2, 0) is 15.7 Å². The van der Waals surface area contributed by atoms with Gasteiger partial charge in [-0.3, -0.25) is 4.90 Å². The van der Waals surface area contributed by atoms with Gasteiger partial charge in [-0.15, -0.1) is 0 Å². The SMILES string of the molecule is O=C(O)C1CN(c2ccccc2C(F)(F)F)C(=O)O1. The number of hydrogen-bond acceptors (Lipinski definition) is 3. The molecule has 1 atom stereocenters. The van der Waals surface area contributed by atoms with Crippen LogP contribution >= 0.6 is 0 Å². The van der Waals surface area contributed by atoms with Gasteiger partial charge in [0.2, 0.25) is 6.10 Å². The van der Waals surface area contributed by atoms with Crippen LogP contribution in [0.1, 0.15) is 5.56 Å². The van der Waals surface area contributed by atoms with Crippen LogP contribution in [0.5, 0.6) is 0 Å². The Morgan fingerprint density at radius 3 is 2.53 bits per heavy atom. The minimum Gasteiger partial charge on any atom is -0.478 e. The van der Waals surface area contributed by atoms with Crippen molar-refractivity contribution in [2.45, 2.75) is 12.3 Å². The number of anilines is 1. The maximum absolute atomic E-state index is 12.8. The van der Waals surface area contributed by atoms with Crippen molar-refractivity contribution in [3.63, 3.8) is 0 Å². The summed E-state index contributed by atoms with van der Waals surface area (Å²) in [6, 6.07) is 4.42. The van der Waals surface area contributed by atoms with Crippen molar-refractivity contribution < 1.29 is 32.6 Å². The number of carbonyl (C=O) groups excluding carboxylic acids is 1. The Labute approximate surface area is 105 Å². The van der Waals surface area contributed by atoms with E-state index in [1.54, 1.807) is 0 Å². The molecule has 0 aromatic heterocycles. The molecule has 1 unspecified atom stereocenters. The number of carboxylic acids is 1. The number of hydrogen-bond donors (Lipinski definition) is 1. The van der Waals surface area contributed by atoms with E-state index < -0.39 is 42.1 Å². The molecule has 2 rings (SSSR count). The molecule has 1 amide bonds. The first-order chi connectivity index (χ1) is 8.80. The second-order valence-electron chi connectivity index (χ2n) is 3.84. The molecule has 0 radical (unpaired) electrons. The Hall–Kier alpha value is -2.25. The maximum atomic E-state index is 12.8. The number of carboxylic acid groups (broad SMARTS) is 1. The first kappa shape index (κ1) is 13.2. The third kappa shape index (κ3) is 2.47. The number of ether oxygens (including phenoxy) is 1. The van der Waals surface area contributed by atoms with Crippen LogP contribution in [0.4, 0.5) is 23.7 Å². The lowest BCUT2D eigenvalue weighted by Gasteiger charge is -2.18. The number of halogens is 3. The molecule has 1 heterocycles. The molecular weight excluding hydrogens is 267 g/mol. The molecule has 102 valence electrons. The minimum absolute atomic E-state index is 0.413. The molecule has 0 aliphatic carbocycles. The third-order valence-electron chi connectivity index (χ3n) is 2.59. The number of cyclic esters (lactones) is 1. The monoisotopic (exact) mass is 275 g/mol. The van der Waals surface area contributed by atoms with E-state index in [0.29, 0.717) is 4.90 Å².